The van der Waals surface area contributed by atoms with Crippen LogP contribution in [-0.4, -0.2) is 22.2 Å². The normalized spacial score (nSPS) is 13.6. The number of benzene rings is 1. The minimum Gasteiger partial charge on any atom is -0.481 e. The van der Waals surface area contributed by atoms with Gasteiger partial charge in [0.1, 0.15) is 0 Å². The summed E-state index contributed by atoms with van der Waals surface area (Å²) in [6, 6.07) is 8.22. The number of aliphatic carboxylic acids is 2. The van der Waals surface area contributed by atoms with Crippen LogP contribution in [0.4, 0.5) is 0 Å². The number of hydrogen-bond donors (Lipinski definition) is 2. The third-order valence-corrected chi connectivity index (χ3v) is 3.75. The number of rotatable bonds is 9. The molecule has 4 nitrogen and oxygen atoms in total. The first-order chi connectivity index (χ1) is 9.93. The molecular formula is C17H24O4. The Kier molecular flexibility index (Phi) is 6.92. The Morgan fingerprint density at radius 2 is 1.52 bits per heavy atom. The van der Waals surface area contributed by atoms with Gasteiger partial charge in [0.05, 0.1) is 11.8 Å². The van der Waals surface area contributed by atoms with Crippen LogP contribution in [0, 0.1) is 11.8 Å². The summed E-state index contributed by atoms with van der Waals surface area (Å²) < 4.78 is 0. The molecule has 4 heteroatoms. The minimum absolute atomic E-state index is 0.179. The van der Waals surface area contributed by atoms with Crippen molar-refractivity contribution in [2.24, 2.45) is 11.8 Å². The maximum Gasteiger partial charge on any atom is 0.306 e. The van der Waals surface area contributed by atoms with Crippen molar-refractivity contribution in [2.75, 3.05) is 0 Å². The zero-order valence-electron chi connectivity index (χ0n) is 12.7. The van der Waals surface area contributed by atoms with Gasteiger partial charge in [-0.05, 0) is 36.8 Å². The summed E-state index contributed by atoms with van der Waals surface area (Å²) in [6.07, 6.45) is 3.47. The van der Waals surface area contributed by atoms with Gasteiger partial charge in [0.2, 0.25) is 0 Å². The van der Waals surface area contributed by atoms with Crippen molar-refractivity contribution in [3.63, 3.8) is 0 Å². The van der Waals surface area contributed by atoms with Crippen LogP contribution in [-0.2, 0) is 22.4 Å². The summed E-state index contributed by atoms with van der Waals surface area (Å²) in [4.78, 5) is 22.1. The van der Waals surface area contributed by atoms with E-state index >= 15 is 0 Å². The summed E-state index contributed by atoms with van der Waals surface area (Å²) >= 11 is 0. The SMILES string of the molecule is CCCc1ccc(CCC(CC(C)C(=O)O)C(=O)O)cc1. The first-order valence-electron chi connectivity index (χ1n) is 7.47. The highest BCUT2D eigenvalue weighted by Crippen LogP contribution is 2.19. The van der Waals surface area contributed by atoms with Crippen molar-refractivity contribution < 1.29 is 19.8 Å². The summed E-state index contributed by atoms with van der Waals surface area (Å²) in [5, 5.41) is 18.1. The highest BCUT2D eigenvalue weighted by atomic mass is 16.4. The molecule has 0 saturated carbocycles. The van der Waals surface area contributed by atoms with Gasteiger partial charge < -0.3 is 10.2 Å². The van der Waals surface area contributed by atoms with Crippen LogP contribution >= 0.6 is 0 Å². The lowest BCUT2D eigenvalue weighted by Gasteiger charge is -2.15. The van der Waals surface area contributed by atoms with E-state index in [9.17, 15) is 14.7 Å². The molecule has 0 aliphatic carbocycles. The molecule has 21 heavy (non-hydrogen) atoms. The fraction of sp³-hybridized carbons (Fsp3) is 0.529. The van der Waals surface area contributed by atoms with Crippen molar-refractivity contribution in [3.05, 3.63) is 35.4 Å². The Hall–Kier alpha value is -1.84. The zero-order valence-corrected chi connectivity index (χ0v) is 12.7. The summed E-state index contributed by atoms with van der Waals surface area (Å²) in [5.41, 5.74) is 2.39. The quantitative estimate of drug-likeness (QED) is 0.731. The summed E-state index contributed by atoms with van der Waals surface area (Å²) in [6.45, 7) is 3.69. The van der Waals surface area contributed by atoms with Gasteiger partial charge in [-0.3, -0.25) is 9.59 Å². The van der Waals surface area contributed by atoms with E-state index in [4.69, 9.17) is 5.11 Å². The Bertz CT molecular complexity index is 464. The topological polar surface area (TPSA) is 74.6 Å². The van der Waals surface area contributed by atoms with E-state index in [2.05, 4.69) is 19.1 Å². The Morgan fingerprint density at radius 3 is 1.95 bits per heavy atom. The molecule has 0 spiro atoms. The second-order valence-electron chi connectivity index (χ2n) is 5.62. The van der Waals surface area contributed by atoms with Crippen molar-refractivity contribution in [1.82, 2.24) is 0 Å². The molecule has 0 bridgehead atoms. The molecular weight excluding hydrogens is 268 g/mol. The van der Waals surface area contributed by atoms with E-state index in [1.165, 1.54) is 5.56 Å². The molecule has 0 aromatic heterocycles. The largest absolute Gasteiger partial charge is 0.481 e. The number of carboxylic acids is 2. The van der Waals surface area contributed by atoms with Crippen molar-refractivity contribution >= 4 is 11.9 Å². The molecule has 116 valence electrons. The molecule has 0 saturated heterocycles. The van der Waals surface area contributed by atoms with Crippen molar-refractivity contribution in [1.29, 1.82) is 0 Å². The second kappa shape index (κ2) is 8.45. The summed E-state index contributed by atoms with van der Waals surface area (Å²) in [7, 11) is 0. The van der Waals surface area contributed by atoms with Gasteiger partial charge in [0.25, 0.3) is 0 Å². The van der Waals surface area contributed by atoms with E-state index in [-0.39, 0.29) is 6.42 Å². The average molecular weight is 292 g/mol. The van der Waals surface area contributed by atoms with Crippen molar-refractivity contribution in [2.45, 2.75) is 46.0 Å². The van der Waals surface area contributed by atoms with Crippen LogP contribution in [0.15, 0.2) is 24.3 Å². The average Bonchev–Trinajstić information content (AvgIpc) is 2.44. The van der Waals surface area contributed by atoms with Crippen LogP contribution in [0.2, 0.25) is 0 Å². The fourth-order valence-electron chi connectivity index (χ4n) is 2.37. The predicted molar refractivity (Wildman–Crippen MR) is 81.3 cm³/mol. The molecule has 1 rings (SSSR count). The molecule has 1 aromatic rings. The molecule has 0 aliphatic rings. The van der Waals surface area contributed by atoms with E-state index in [1.54, 1.807) is 6.92 Å². The molecule has 0 fully saturated rings. The lowest BCUT2D eigenvalue weighted by atomic mass is 9.90. The van der Waals surface area contributed by atoms with E-state index in [0.29, 0.717) is 12.8 Å². The van der Waals surface area contributed by atoms with E-state index in [1.807, 2.05) is 12.1 Å². The molecule has 2 unspecified atom stereocenters. The number of carboxylic acid groups (broad SMARTS) is 2. The minimum atomic E-state index is -0.940. The molecule has 1 aromatic carbocycles. The van der Waals surface area contributed by atoms with Gasteiger partial charge in [0, 0.05) is 0 Å². The maximum absolute atomic E-state index is 11.2. The Labute approximate surface area is 125 Å². The molecule has 0 heterocycles. The van der Waals surface area contributed by atoms with Gasteiger partial charge >= 0.3 is 11.9 Å². The second-order valence-corrected chi connectivity index (χ2v) is 5.62. The Balaban J connectivity index is 2.56. The molecule has 0 radical (unpaired) electrons. The van der Waals surface area contributed by atoms with E-state index < -0.39 is 23.8 Å². The zero-order chi connectivity index (χ0) is 15.8. The lowest BCUT2D eigenvalue weighted by Crippen LogP contribution is -2.21. The fourth-order valence-corrected chi connectivity index (χ4v) is 2.37. The van der Waals surface area contributed by atoms with Gasteiger partial charge in [-0.1, -0.05) is 44.5 Å². The van der Waals surface area contributed by atoms with Crippen LogP contribution in [0.25, 0.3) is 0 Å². The van der Waals surface area contributed by atoms with Crippen LogP contribution < -0.4 is 0 Å². The molecule has 0 amide bonds. The van der Waals surface area contributed by atoms with Crippen LogP contribution in [0.5, 0.6) is 0 Å². The first kappa shape index (κ1) is 17.2. The third kappa shape index (κ3) is 5.98. The number of aryl methyl sites for hydroxylation is 2. The van der Waals surface area contributed by atoms with Crippen LogP contribution in [0.3, 0.4) is 0 Å². The lowest BCUT2D eigenvalue weighted by molar-refractivity contribution is -0.145. The van der Waals surface area contributed by atoms with Gasteiger partial charge in [-0.2, -0.15) is 0 Å². The highest BCUT2D eigenvalue weighted by molar-refractivity contribution is 5.73. The highest BCUT2D eigenvalue weighted by Gasteiger charge is 2.23. The smallest absolute Gasteiger partial charge is 0.306 e. The monoisotopic (exact) mass is 292 g/mol. The molecule has 0 aliphatic heterocycles. The summed E-state index contributed by atoms with van der Waals surface area (Å²) in [5.74, 6) is -3.08. The Morgan fingerprint density at radius 1 is 1.00 bits per heavy atom. The van der Waals surface area contributed by atoms with Gasteiger partial charge in [-0.25, -0.2) is 0 Å². The number of carbonyl (C=O) groups is 2. The maximum atomic E-state index is 11.2. The van der Waals surface area contributed by atoms with E-state index in [0.717, 1.165) is 18.4 Å². The number of hydrogen-bond acceptors (Lipinski definition) is 2. The molecule has 2 atom stereocenters. The third-order valence-electron chi connectivity index (χ3n) is 3.75. The van der Waals surface area contributed by atoms with Gasteiger partial charge in [0.15, 0.2) is 0 Å². The first-order valence-corrected chi connectivity index (χ1v) is 7.47. The molecule has 2 N–H and O–H groups in total. The standard InChI is InChI=1S/C17H24O4/c1-3-4-13-5-7-14(8-6-13)9-10-15(17(20)21)11-12(2)16(18)19/h5-8,12,15H,3-4,9-11H2,1-2H3,(H,18,19)(H,20,21). The van der Waals surface area contributed by atoms with Crippen molar-refractivity contribution in [3.8, 4) is 0 Å². The van der Waals surface area contributed by atoms with Gasteiger partial charge in [-0.15, -0.1) is 0 Å². The predicted octanol–water partition coefficient (Wildman–Crippen LogP) is 3.38. The van der Waals surface area contributed by atoms with Crippen LogP contribution in [0.1, 0.15) is 44.2 Å².